The quantitative estimate of drug-likeness (QED) is 0.245. The summed E-state index contributed by atoms with van der Waals surface area (Å²) >= 11 is 0. The standard InChI is InChI=1S/C30H32F2N2O/c1-20(2)30-29(28(35)15-12-21-11-14-25(31)26(32)16-21)24-13-10-23(18-33(3)4)17-27(24)34(30)19-22-8-6-5-7-9-22/h5-11,13-14,16-17,20H,12,15,18-19H2,1-4H3. The molecule has 0 fully saturated rings. The number of Topliss-reactive ketones (excluding diaryl/α,β-unsaturated/α-hetero) is 1. The highest BCUT2D eigenvalue weighted by Gasteiger charge is 2.24. The van der Waals surface area contributed by atoms with Gasteiger partial charge in [-0.25, -0.2) is 8.78 Å². The molecule has 4 aromatic rings. The third kappa shape index (κ3) is 5.51. The molecule has 3 aromatic carbocycles. The zero-order chi connectivity index (χ0) is 25.1. The maximum absolute atomic E-state index is 13.7. The van der Waals surface area contributed by atoms with Crippen molar-refractivity contribution in [2.75, 3.05) is 14.1 Å². The molecule has 3 nitrogen and oxygen atoms in total. The lowest BCUT2D eigenvalue weighted by Gasteiger charge is -2.16. The third-order valence-corrected chi connectivity index (χ3v) is 6.30. The molecule has 0 saturated heterocycles. The number of benzene rings is 3. The summed E-state index contributed by atoms with van der Waals surface area (Å²) in [5, 5.41) is 0.947. The summed E-state index contributed by atoms with van der Waals surface area (Å²) in [7, 11) is 4.08. The van der Waals surface area contributed by atoms with Gasteiger partial charge in [-0.15, -0.1) is 0 Å². The van der Waals surface area contributed by atoms with Crippen molar-refractivity contribution in [3.8, 4) is 0 Å². The van der Waals surface area contributed by atoms with Crippen LogP contribution in [0, 0.1) is 11.6 Å². The Morgan fingerprint density at radius 2 is 1.60 bits per heavy atom. The summed E-state index contributed by atoms with van der Waals surface area (Å²) in [6.07, 6.45) is 0.590. The number of hydrogen-bond donors (Lipinski definition) is 0. The predicted molar refractivity (Wildman–Crippen MR) is 138 cm³/mol. The van der Waals surface area contributed by atoms with Gasteiger partial charge in [-0.2, -0.15) is 0 Å². The summed E-state index contributed by atoms with van der Waals surface area (Å²) in [4.78, 5) is 15.8. The minimum atomic E-state index is -0.884. The van der Waals surface area contributed by atoms with Crippen LogP contribution in [0.5, 0.6) is 0 Å². The van der Waals surface area contributed by atoms with E-state index in [9.17, 15) is 13.6 Å². The number of carbonyl (C=O) groups is 1. The van der Waals surface area contributed by atoms with E-state index in [1.54, 1.807) is 6.07 Å². The fraction of sp³-hybridized carbons (Fsp3) is 0.300. The number of ketones is 1. The van der Waals surface area contributed by atoms with E-state index in [4.69, 9.17) is 0 Å². The summed E-state index contributed by atoms with van der Waals surface area (Å²) in [5.41, 5.74) is 5.78. The van der Waals surface area contributed by atoms with Crippen molar-refractivity contribution in [2.45, 2.75) is 45.7 Å². The first-order chi connectivity index (χ1) is 16.7. The fourth-order valence-corrected chi connectivity index (χ4v) is 4.79. The van der Waals surface area contributed by atoms with Crippen molar-refractivity contribution < 1.29 is 13.6 Å². The van der Waals surface area contributed by atoms with Crippen molar-refractivity contribution >= 4 is 16.7 Å². The zero-order valence-corrected chi connectivity index (χ0v) is 20.8. The van der Waals surface area contributed by atoms with Crippen LogP contribution in [0.2, 0.25) is 0 Å². The molecule has 0 bridgehead atoms. The van der Waals surface area contributed by atoms with E-state index < -0.39 is 11.6 Å². The molecule has 0 atom stereocenters. The number of fused-ring (bicyclic) bond motifs is 1. The van der Waals surface area contributed by atoms with Crippen LogP contribution in [0.15, 0.2) is 66.7 Å². The van der Waals surface area contributed by atoms with Crippen LogP contribution in [-0.4, -0.2) is 29.3 Å². The lowest BCUT2D eigenvalue weighted by molar-refractivity contribution is 0.0983. The van der Waals surface area contributed by atoms with Crippen LogP contribution in [0.25, 0.3) is 10.9 Å². The monoisotopic (exact) mass is 474 g/mol. The number of rotatable bonds is 9. The van der Waals surface area contributed by atoms with Crippen LogP contribution < -0.4 is 0 Å². The van der Waals surface area contributed by atoms with Gasteiger partial charge in [0.1, 0.15) is 0 Å². The highest BCUT2D eigenvalue weighted by Crippen LogP contribution is 2.34. The molecule has 0 spiro atoms. The van der Waals surface area contributed by atoms with Gasteiger partial charge >= 0.3 is 0 Å². The minimum absolute atomic E-state index is 0.0237. The molecule has 0 aliphatic carbocycles. The first kappa shape index (κ1) is 24.8. The van der Waals surface area contributed by atoms with Crippen molar-refractivity contribution in [1.82, 2.24) is 9.47 Å². The maximum Gasteiger partial charge on any atom is 0.165 e. The van der Waals surface area contributed by atoms with Crippen LogP contribution in [0.1, 0.15) is 58.9 Å². The number of carbonyl (C=O) groups excluding carboxylic acids is 1. The van der Waals surface area contributed by atoms with Crippen molar-refractivity contribution in [3.05, 3.63) is 106 Å². The van der Waals surface area contributed by atoms with Gasteiger partial charge in [0.2, 0.25) is 0 Å². The first-order valence-corrected chi connectivity index (χ1v) is 12.1. The molecule has 0 aliphatic heterocycles. The van der Waals surface area contributed by atoms with E-state index in [-0.39, 0.29) is 18.1 Å². The highest BCUT2D eigenvalue weighted by atomic mass is 19.2. The molecule has 0 amide bonds. The van der Waals surface area contributed by atoms with Crippen LogP contribution in [-0.2, 0) is 19.5 Å². The van der Waals surface area contributed by atoms with Gasteiger partial charge in [0, 0.05) is 41.7 Å². The number of aryl methyl sites for hydroxylation is 1. The van der Waals surface area contributed by atoms with Crippen molar-refractivity contribution in [1.29, 1.82) is 0 Å². The van der Waals surface area contributed by atoms with E-state index in [0.29, 0.717) is 18.5 Å². The zero-order valence-electron chi connectivity index (χ0n) is 20.8. The Balaban J connectivity index is 1.79. The lowest BCUT2D eigenvalue weighted by atomic mass is 9.96. The Kier molecular flexibility index (Phi) is 7.46. The molecule has 0 N–H and O–H groups in total. The Morgan fingerprint density at radius 1 is 0.886 bits per heavy atom. The van der Waals surface area contributed by atoms with E-state index in [2.05, 4.69) is 53.6 Å². The van der Waals surface area contributed by atoms with Gasteiger partial charge in [0.15, 0.2) is 17.4 Å². The van der Waals surface area contributed by atoms with Gasteiger partial charge in [-0.1, -0.05) is 62.4 Å². The second-order valence-corrected chi connectivity index (χ2v) is 9.75. The van der Waals surface area contributed by atoms with Crippen molar-refractivity contribution in [2.24, 2.45) is 0 Å². The van der Waals surface area contributed by atoms with Gasteiger partial charge in [0.05, 0.1) is 0 Å². The number of nitrogens with zero attached hydrogens (tertiary/aromatic N) is 2. The Hall–Kier alpha value is -3.31. The fourth-order valence-electron chi connectivity index (χ4n) is 4.79. The normalized spacial score (nSPS) is 11.7. The van der Waals surface area contributed by atoms with E-state index in [0.717, 1.165) is 34.8 Å². The Bertz CT molecular complexity index is 1340. The predicted octanol–water partition coefficient (Wildman–Crippen LogP) is 6.97. The highest BCUT2D eigenvalue weighted by molar-refractivity contribution is 6.10. The average molecular weight is 475 g/mol. The molecular formula is C30H32F2N2O. The summed E-state index contributed by atoms with van der Waals surface area (Å²) in [5.74, 6) is -1.60. The topological polar surface area (TPSA) is 25.2 Å². The van der Waals surface area contributed by atoms with Gasteiger partial charge < -0.3 is 9.47 Å². The molecular weight excluding hydrogens is 442 g/mol. The molecule has 1 heterocycles. The molecule has 182 valence electrons. The largest absolute Gasteiger partial charge is 0.339 e. The number of halogens is 2. The molecule has 0 saturated carbocycles. The Morgan fingerprint density at radius 3 is 2.26 bits per heavy atom. The van der Waals surface area contributed by atoms with Crippen molar-refractivity contribution in [3.63, 3.8) is 0 Å². The first-order valence-electron chi connectivity index (χ1n) is 12.1. The molecule has 0 unspecified atom stereocenters. The maximum atomic E-state index is 13.7. The van der Waals surface area contributed by atoms with Gasteiger partial charge in [-0.05, 0) is 61.3 Å². The molecule has 1 aromatic heterocycles. The summed E-state index contributed by atoms with van der Waals surface area (Å²) in [6, 6.07) is 20.4. The second kappa shape index (κ2) is 10.5. The second-order valence-electron chi connectivity index (χ2n) is 9.75. The summed E-state index contributed by atoms with van der Waals surface area (Å²) < 4.78 is 29.3. The van der Waals surface area contributed by atoms with Crippen LogP contribution >= 0.6 is 0 Å². The van der Waals surface area contributed by atoms with Gasteiger partial charge in [-0.3, -0.25) is 4.79 Å². The molecule has 0 radical (unpaired) electrons. The van der Waals surface area contributed by atoms with E-state index >= 15 is 0 Å². The molecule has 4 rings (SSSR count). The van der Waals surface area contributed by atoms with Crippen LogP contribution in [0.4, 0.5) is 8.78 Å². The molecule has 5 heteroatoms. The summed E-state index contributed by atoms with van der Waals surface area (Å²) in [6.45, 7) is 5.71. The third-order valence-electron chi connectivity index (χ3n) is 6.30. The lowest BCUT2D eigenvalue weighted by Crippen LogP contribution is -2.11. The molecule has 0 aliphatic rings. The van der Waals surface area contributed by atoms with Gasteiger partial charge in [0.25, 0.3) is 0 Å². The smallest absolute Gasteiger partial charge is 0.165 e. The minimum Gasteiger partial charge on any atom is -0.339 e. The van der Waals surface area contributed by atoms with Crippen LogP contribution in [0.3, 0.4) is 0 Å². The Labute approximate surface area is 206 Å². The van der Waals surface area contributed by atoms with E-state index in [1.165, 1.54) is 17.2 Å². The number of aromatic nitrogens is 1. The average Bonchev–Trinajstić information content (AvgIpc) is 3.13. The number of hydrogen-bond acceptors (Lipinski definition) is 2. The van der Waals surface area contributed by atoms with E-state index in [1.807, 2.05) is 32.3 Å². The SMILES string of the molecule is CC(C)c1c(C(=O)CCc2ccc(F)c(F)c2)c2ccc(CN(C)C)cc2n1Cc1ccccc1. The molecule has 35 heavy (non-hydrogen) atoms.